The molecule has 6 heteroatoms. The van der Waals surface area contributed by atoms with Crippen LogP contribution >= 0.6 is 0 Å². The highest BCUT2D eigenvalue weighted by Gasteiger charge is 2.42. The zero-order valence-electron chi connectivity index (χ0n) is 13.4. The maximum absolute atomic E-state index is 12.5. The van der Waals surface area contributed by atoms with Crippen LogP contribution in [0.5, 0.6) is 0 Å². The summed E-state index contributed by atoms with van der Waals surface area (Å²) in [4.78, 5) is 35.6. The van der Waals surface area contributed by atoms with E-state index in [2.05, 4.69) is 10.6 Å². The molecule has 1 aromatic rings. The summed E-state index contributed by atoms with van der Waals surface area (Å²) in [5.74, 6) is -2.10. The Labute approximate surface area is 135 Å². The number of amides is 2. The van der Waals surface area contributed by atoms with E-state index in [4.69, 9.17) is 0 Å². The molecule has 0 bridgehead atoms. The van der Waals surface area contributed by atoms with E-state index >= 15 is 0 Å². The molecule has 2 amide bonds. The normalized spacial score (nSPS) is 23.8. The number of nitrogens with one attached hydrogen (secondary N) is 2. The molecule has 0 radical (unpaired) electrons. The van der Waals surface area contributed by atoms with E-state index in [9.17, 15) is 19.5 Å². The highest BCUT2D eigenvalue weighted by Crippen LogP contribution is 2.34. The van der Waals surface area contributed by atoms with Gasteiger partial charge in [-0.2, -0.15) is 0 Å². The summed E-state index contributed by atoms with van der Waals surface area (Å²) < 4.78 is 0. The van der Waals surface area contributed by atoms with E-state index in [1.165, 1.54) is 13.1 Å². The Hall–Kier alpha value is -2.37. The lowest BCUT2D eigenvalue weighted by molar-refractivity contribution is -0.145. The van der Waals surface area contributed by atoms with Crippen molar-refractivity contribution in [2.45, 2.75) is 38.1 Å². The molecular weight excluding hydrogens is 296 g/mol. The molecule has 1 aliphatic rings. The number of carboxylic acid groups (broad SMARTS) is 1. The number of carbonyl (C=O) groups excluding carboxylic acids is 2. The van der Waals surface area contributed by atoms with Crippen LogP contribution in [0, 0.1) is 5.92 Å². The molecule has 6 nitrogen and oxygen atoms in total. The van der Waals surface area contributed by atoms with Gasteiger partial charge in [-0.15, -0.1) is 0 Å². The van der Waals surface area contributed by atoms with Gasteiger partial charge in [-0.25, -0.2) is 0 Å². The molecule has 0 aliphatic heterocycles. The van der Waals surface area contributed by atoms with Crippen LogP contribution in [0.1, 0.15) is 53.3 Å². The molecule has 1 aromatic carbocycles. The number of rotatable bonds is 4. The monoisotopic (exact) mass is 318 g/mol. The molecule has 1 saturated carbocycles. The Kier molecular flexibility index (Phi) is 5.03. The number of carboxylic acids is 1. The van der Waals surface area contributed by atoms with Crippen molar-refractivity contribution < 1.29 is 19.5 Å². The number of benzene rings is 1. The first-order chi connectivity index (χ1) is 10.9. The van der Waals surface area contributed by atoms with Crippen LogP contribution in [-0.2, 0) is 4.79 Å². The Morgan fingerprint density at radius 3 is 2.43 bits per heavy atom. The summed E-state index contributed by atoms with van der Waals surface area (Å²) in [5, 5.41) is 14.8. The van der Waals surface area contributed by atoms with E-state index in [1.54, 1.807) is 25.1 Å². The average Bonchev–Trinajstić information content (AvgIpc) is 2.53. The molecule has 0 heterocycles. The second-order valence-corrected chi connectivity index (χ2v) is 6.17. The van der Waals surface area contributed by atoms with Gasteiger partial charge in [-0.3, -0.25) is 14.4 Å². The number of aliphatic carboxylic acids is 1. The predicted octanol–water partition coefficient (Wildman–Crippen LogP) is 1.81. The second-order valence-electron chi connectivity index (χ2n) is 6.17. The van der Waals surface area contributed by atoms with Crippen LogP contribution < -0.4 is 10.6 Å². The molecule has 2 unspecified atom stereocenters. The molecule has 0 saturated heterocycles. The van der Waals surface area contributed by atoms with Crippen molar-refractivity contribution in [1.29, 1.82) is 0 Å². The van der Waals surface area contributed by atoms with E-state index in [1.807, 2.05) is 0 Å². The lowest BCUT2D eigenvalue weighted by atomic mass is 9.73. The third-order valence-electron chi connectivity index (χ3n) is 4.52. The zero-order valence-corrected chi connectivity index (χ0v) is 13.4. The molecule has 124 valence electrons. The van der Waals surface area contributed by atoms with Gasteiger partial charge in [0.25, 0.3) is 11.8 Å². The van der Waals surface area contributed by atoms with Gasteiger partial charge in [0.1, 0.15) is 0 Å². The summed E-state index contributed by atoms with van der Waals surface area (Å²) >= 11 is 0. The van der Waals surface area contributed by atoms with E-state index in [-0.39, 0.29) is 11.8 Å². The second kappa shape index (κ2) is 6.81. The van der Waals surface area contributed by atoms with Crippen molar-refractivity contribution in [3.63, 3.8) is 0 Å². The summed E-state index contributed by atoms with van der Waals surface area (Å²) in [6.07, 6.45) is 2.93. The molecule has 0 aromatic heterocycles. The van der Waals surface area contributed by atoms with Crippen molar-refractivity contribution in [1.82, 2.24) is 10.6 Å². The Morgan fingerprint density at radius 2 is 1.83 bits per heavy atom. The van der Waals surface area contributed by atoms with Gasteiger partial charge in [0.05, 0.1) is 11.5 Å². The van der Waals surface area contributed by atoms with Crippen molar-refractivity contribution in [2.24, 2.45) is 5.92 Å². The first-order valence-corrected chi connectivity index (χ1v) is 7.75. The van der Waals surface area contributed by atoms with Gasteiger partial charge in [0.15, 0.2) is 0 Å². The summed E-state index contributed by atoms with van der Waals surface area (Å²) in [5.41, 5.74) is -0.0322. The van der Waals surface area contributed by atoms with Crippen LogP contribution in [-0.4, -0.2) is 35.5 Å². The van der Waals surface area contributed by atoms with Crippen molar-refractivity contribution in [3.05, 3.63) is 35.4 Å². The smallest absolute Gasteiger partial charge is 0.308 e. The maximum atomic E-state index is 12.5. The molecule has 1 fully saturated rings. The SMILES string of the molecule is CNC(=O)c1cccc(C(=O)NC2(C)CCCCC2C(=O)O)c1. The number of hydrogen-bond acceptors (Lipinski definition) is 3. The third-order valence-corrected chi connectivity index (χ3v) is 4.52. The van der Waals surface area contributed by atoms with Gasteiger partial charge in [-0.05, 0) is 38.0 Å². The highest BCUT2D eigenvalue weighted by atomic mass is 16.4. The van der Waals surface area contributed by atoms with E-state index in [0.29, 0.717) is 24.0 Å². The minimum atomic E-state index is -0.883. The standard InChI is InChI=1S/C17H22N2O4/c1-17(9-4-3-8-13(17)16(22)23)19-15(21)12-7-5-6-11(10-12)14(20)18-2/h5-7,10,13H,3-4,8-9H2,1-2H3,(H,18,20)(H,19,21)(H,22,23). The van der Waals surface area contributed by atoms with Gasteiger partial charge < -0.3 is 15.7 Å². The summed E-state index contributed by atoms with van der Waals surface area (Å²) in [7, 11) is 1.52. The fourth-order valence-corrected chi connectivity index (χ4v) is 3.16. The lowest BCUT2D eigenvalue weighted by Crippen LogP contribution is -2.55. The van der Waals surface area contributed by atoms with Crippen molar-refractivity contribution >= 4 is 17.8 Å². The topological polar surface area (TPSA) is 95.5 Å². The van der Waals surface area contributed by atoms with Gasteiger partial charge in [0, 0.05) is 18.2 Å². The van der Waals surface area contributed by atoms with Crippen molar-refractivity contribution in [2.75, 3.05) is 7.05 Å². The Balaban J connectivity index is 2.20. The molecule has 2 rings (SSSR count). The minimum Gasteiger partial charge on any atom is -0.481 e. The fourth-order valence-electron chi connectivity index (χ4n) is 3.16. The number of hydrogen-bond donors (Lipinski definition) is 3. The lowest BCUT2D eigenvalue weighted by Gasteiger charge is -2.39. The molecule has 3 N–H and O–H groups in total. The molecule has 23 heavy (non-hydrogen) atoms. The summed E-state index contributed by atoms with van der Waals surface area (Å²) in [6.45, 7) is 1.78. The quantitative estimate of drug-likeness (QED) is 0.789. The Bertz CT molecular complexity index is 629. The predicted molar refractivity (Wildman–Crippen MR) is 85.3 cm³/mol. The van der Waals surface area contributed by atoms with Crippen LogP contribution in [0.3, 0.4) is 0 Å². The van der Waals surface area contributed by atoms with E-state index < -0.39 is 17.4 Å². The first kappa shape index (κ1) is 17.0. The third kappa shape index (κ3) is 3.70. The molecule has 1 aliphatic carbocycles. The van der Waals surface area contributed by atoms with Crippen LogP contribution in [0.4, 0.5) is 0 Å². The first-order valence-electron chi connectivity index (χ1n) is 7.75. The van der Waals surface area contributed by atoms with Crippen LogP contribution in [0.15, 0.2) is 24.3 Å². The largest absolute Gasteiger partial charge is 0.481 e. The fraction of sp³-hybridized carbons (Fsp3) is 0.471. The van der Waals surface area contributed by atoms with Gasteiger partial charge in [-0.1, -0.05) is 18.9 Å². The Morgan fingerprint density at radius 1 is 1.17 bits per heavy atom. The van der Waals surface area contributed by atoms with E-state index in [0.717, 1.165) is 12.8 Å². The maximum Gasteiger partial charge on any atom is 0.308 e. The minimum absolute atomic E-state index is 0.271. The van der Waals surface area contributed by atoms with Crippen LogP contribution in [0.25, 0.3) is 0 Å². The van der Waals surface area contributed by atoms with Gasteiger partial charge >= 0.3 is 5.97 Å². The molecule has 0 spiro atoms. The molecular formula is C17H22N2O4. The highest BCUT2D eigenvalue weighted by molar-refractivity contribution is 6.00. The summed E-state index contributed by atoms with van der Waals surface area (Å²) in [6, 6.07) is 6.38. The van der Waals surface area contributed by atoms with Crippen molar-refractivity contribution in [3.8, 4) is 0 Å². The van der Waals surface area contributed by atoms with Gasteiger partial charge in [0.2, 0.25) is 0 Å². The zero-order chi connectivity index (χ0) is 17.0. The van der Waals surface area contributed by atoms with Crippen LogP contribution in [0.2, 0.25) is 0 Å². The average molecular weight is 318 g/mol. The molecule has 2 atom stereocenters. The number of carbonyl (C=O) groups is 3.